The molecule has 0 aliphatic rings. The van der Waals surface area contributed by atoms with Gasteiger partial charge in [0.2, 0.25) is 0 Å². The Morgan fingerprint density at radius 1 is 1.00 bits per heavy atom. The fourth-order valence-electron chi connectivity index (χ4n) is 2.37. The first-order chi connectivity index (χ1) is 11.1. The molecule has 0 saturated carbocycles. The lowest BCUT2D eigenvalue weighted by atomic mass is 10.1. The van der Waals surface area contributed by atoms with Gasteiger partial charge in [-0.1, -0.05) is 12.1 Å². The van der Waals surface area contributed by atoms with Crippen LogP contribution in [0.5, 0.6) is 0 Å². The lowest BCUT2D eigenvalue weighted by Crippen LogP contribution is -2.39. The zero-order valence-electron chi connectivity index (χ0n) is 13.6. The van der Waals surface area contributed by atoms with E-state index >= 15 is 0 Å². The van der Waals surface area contributed by atoms with Crippen LogP contribution in [0.4, 0.5) is 13.2 Å². The molecule has 1 aromatic carbocycles. The highest BCUT2D eigenvalue weighted by Crippen LogP contribution is 2.29. The van der Waals surface area contributed by atoms with E-state index in [1.165, 1.54) is 29.8 Å². The van der Waals surface area contributed by atoms with E-state index in [9.17, 15) is 22.8 Å². The van der Waals surface area contributed by atoms with Gasteiger partial charge in [-0.25, -0.2) is 4.79 Å². The van der Waals surface area contributed by atoms with Crippen LogP contribution >= 0.6 is 0 Å². The molecule has 0 aliphatic carbocycles. The van der Waals surface area contributed by atoms with Crippen LogP contribution < -0.4 is 11.2 Å². The minimum absolute atomic E-state index is 0.322. The predicted octanol–water partition coefficient (Wildman–Crippen LogP) is 1.73. The molecule has 0 fully saturated rings. The predicted molar refractivity (Wildman–Crippen MR) is 83.5 cm³/mol. The summed E-state index contributed by atoms with van der Waals surface area (Å²) in [6.07, 6.45) is -4.35. The Balaban J connectivity index is 2.13. The maximum Gasteiger partial charge on any atom is 0.416 e. The molecule has 0 saturated heterocycles. The zero-order valence-corrected chi connectivity index (χ0v) is 13.6. The molecular weight excluding hydrogens is 323 g/mol. The van der Waals surface area contributed by atoms with Gasteiger partial charge in [0.25, 0.3) is 5.56 Å². The normalized spacial score (nSPS) is 12.0. The quantitative estimate of drug-likeness (QED) is 0.851. The van der Waals surface area contributed by atoms with Gasteiger partial charge in [0, 0.05) is 38.9 Å². The highest BCUT2D eigenvalue weighted by molar-refractivity contribution is 5.24. The van der Waals surface area contributed by atoms with Crippen molar-refractivity contribution < 1.29 is 13.2 Å². The van der Waals surface area contributed by atoms with Gasteiger partial charge in [-0.3, -0.25) is 18.8 Å². The summed E-state index contributed by atoms with van der Waals surface area (Å²) in [6.45, 7) is 0.713. The second kappa shape index (κ2) is 6.64. The molecule has 0 aliphatic heterocycles. The van der Waals surface area contributed by atoms with E-state index in [4.69, 9.17) is 0 Å². The third-order valence-electron chi connectivity index (χ3n) is 3.79. The SMILES string of the molecule is CN(Cc1ccc(C(F)(F)F)cc1)Cc1cc(=O)n(C)c(=O)n1C. The summed E-state index contributed by atoms with van der Waals surface area (Å²) >= 11 is 0. The van der Waals surface area contributed by atoms with Gasteiger partial charge in [0.05, 0.1) is 5.56 Å². The molecule has 1 aromatic heterocycles. The minimum atomic E-state index is -4.35. The number of hydrogen-bond acceptors (Lipinski definition) is 3. The fourth-order valence-corrected chi connectivity index (χ4v) is 2.37. The van der Waals surface area contributed by atoms with E-state index in [2.05, 4.69) is 0 Å². The topological polar surface area (TPSA) is 47.2 Å². The van der Waals surface area contributed by atoms with Gasteiger partial charge in [-0.05, 0) is 24.7 Å². The van der Waals surface area contributed by atoms with Crippen LogP contribution in [0.25, 0.3) is 0 Å². The first-order valence-electron chi connectivity index (χ1n) is 7.20. The Bertz CT molecular complexity index is 836. The minimum Gasteiger partial charge on any atom is -0.299 e. The van der Waals surface area contributed by atoms with Crippen LogP contribution in [-0.2, 0) is 33.4 Å². The number of halogens is 3. The van der Waals surface area contributed by atoms with Crippen LogP contribution in [-0.4, -0.2) is 21.1 Å². The van der Waals surface area contributed by atoms with Crippen LogP contribution in [0.15, 0.2) is 39.9 Å². The van der Waals surface area contributed by atoms with Gasteiger partial charge in [-0.15, -0.1) is 0 Å². The van der Waals surface area contributed by atoms with Crippen LogP contribution in [0, 0.1) is 0 Å². The number of benzene rings is 1. The Labute approximate surface area is 136 Å². The average molecular weight is 341 g/mol. The van der Waals surface area contributed by atoms with Crippen molar-refractivity contribution in [3.63, 3.8) is 0 Å². The van der Waals surface area contributed by atoms with Gasteiger partial charge in [-0.2, -0.15) is 13.2 Å². The van der Waals surface area contributed by atoms with E-state index in [0.29, 0.717) is 24.3 Å². The first-order valence-corrected chi connectivity index (χ1v) is 7.20. The van der Waals surface area contributed by atoms with Crippen molar-refractivity contribution in [1.82, 2.24) is 14.0 Å². The van der Waals surface area contributed by atoms with Crippen LogP contribution in [0.3, 0.4) is 0 Å². The van der Waals surface area contributed by atoms with E-state index in [-0.39, 0.29) is 0 Å². The molecule has 0 N–H and O–H groups in total. The maximum absolute atomic E-state index is 12.5. The second-order valence-corrected chi connectivity index (χ2v) is 5.74. The Hall–Kier alpha value is -2.35. The number of rotatable bonds is 4. The van der Waals surface area contributed by atoms with Gasteiger partial charge < -0.3 is 0 Å². The smallest absolute Gasteiger partial charge is 0.299 e. The summed E-state index contributed by atoms with van der Waals surface area (Å²) in [6, 6.07) is 6.30. The number of hydrogen-bond donors (Lipinski definition) is 0. The van der Waals surface area contributed by atoms with Gasteiger partial charge in [0.15, 0.2) is 0 Å². The molecular formula is C16H18F3N3O2. The zero-order chi connectivity index (χ0) is 18.1. The number of nitrogens with zero attached hydrogens (tertiary/aromatic N) is 3. The van der Waals surface area contributed by atoms with Crippen molar-refractivity contribution in [3.8, 4) is 0 Å². The van der Waals surface area contributed by atoms with Gasteiger partial charge >= 0.3 is 11.9 Å². The van der Waals surface area contributed by atoms with E-state index < -0.39 is 23.0 Å². The third-order valence-corrected chi connectivity index (χ3v) is 3.79. The van der Waals surface area contributed by atoms with Crippen molar-refractivity contribution in [2.75, 3.05) is 7.05 Å². The molecule has 0 bridgehead atoms. The number of aromatic nitrogens is 2. The lowest BCUT2D eigenvalue weighted by molar-refractivity contribution is -0.137. The maximum atomic E-state index is 12.5. The molecule has 2 rings (SSSR count). The monoisotopic (exact) mass is 341 g/mol. The second-order valence-electron chi connectivity index (χ2n) is 5.74. The molecule has 0 radical (unpaired) electrons. The van der Waals surface area contributed by atoms with Crippen LogP contribution in [0.1, 0.15) is 16.8 Å². The molecule has 0 atom stereocenters. The highest BCUT2D eigenvalue weighted by atomic mass is 19.4. The van der Waals surface area contributed by atoms with Crippen molar-refractivity contribution in [2.45, 2.75) is 19.3 Å². The molecule has 0 amide bonds. The molecule has 24 heavy (non-hydrogen) atoms. The molecule has 0 spiro atoms. The molecule has 8 heteroatoms. The summed E-state index contributed by atoms with van der Waals surface area (Å²) in [5.74, 6) is 0. The fraction of sp³-hybridized carbons (Fsp3) is 0.375. The largest absolute Gasteiger partial charge is 0.416 e. The highest BCUT2D eigenvalue weighted by Gasteiger charge is 2.29. The van der Waals surface area contributed by atoms with E-state index in [1.807, 2.05) is 4.90 Å². The molecule has 5 nitrogen and oxygen atoms in total. The van der Waals surface area contributed by atoms with E-state index in [0.717, 1.165) is 16.7 Å². The first kappa shape index (κ1) is 18.0. The standard InChI is InChI=1S/C16H18F3N3O2/c1-20(9-11-4-6-12(7-5-11)16(17,18)19)10-13-8-14(23)22(3)15(24)21(13)2/h4-8H,9-10H2,1-3H3. The summed E-state index contributed by atoms with van der Waals surface area (Å²) in [5, 5.41) is 0. The summed E-state index contributed by atoms with van der Waals surface area (Å²) in [5.41, 5.74) is -0.254. The van der Waals surface area contributed by atoms with E-state index in [1.54, 1.807) is 14.1 Å². The summed E-state index contributed by atoms with van der Waals surface area (Å²) in [7, 11) is 4.74. The van der Waals surface area contributed by atoms with Crippen molar-refractivity contribution in [2.24, 2.45) is 14.1 Å². The Kier molecular flexibility index (Phi) is 4.98. The molecule has 0 unspecified atom stereocenters. The van der Waals surface area contributed by atoms with Crippen molar-refractivity contribution in [3.05, 3.63) is 68.0 Å². The van der Waals surface area contributed by atoms with Crippen LogP contribution in [0.2, 0.25) is 0 Å². The third kappa shape index (κ3) is 3.94. The Morgan fingerprint density at radius 3 is 2.12 bits per heavy atom. The average Bonchev–Trinajstić information content (AvgIpc) is 2.50. The summed E-state index contributed by atoms with van der Waals surface area (Å²) in [4.78, 5) is 25.4. The number of alkyl halides is 3. The Morgan fingerprint density at radius 2 is 1.58 bits per heavy atom. The van der Waals surface area contributed by atoms with Crippen molar-refractivity contribution >= 4 is 0 Å². The summed E-state index contributed by atoms with van der Waals surface area (Å²) < 4.78 is 40.0. The van der Waals surface area contributed by atoms with Gasteiger partial charge in [0.1, 0.15) is 0 Å². The van der Waals surface area contributed by atoms with Crippen molar-refractivity contribution in [1.29, 1.82) is 0 Å². The lowest BCUT2D eigenvalue weighted by Gasteiger charge is -2.19. The molecule has 130 valence electrons. The molecule has 2 aromatic rings. The molecule has 1 heterocycles.